The number of halogens is 1. The van der Waals surface area contributed by atoms with E-state index in [9.17, 15) is 4.79 Å². The highest BCUT2D eigenvalue weighted by molar-refractivity contribution is 6.30. The molecule has 3 aromatic rings. The fourth-order valence-electron chi connectivity index (χ4n) is 2.71. The van der Waals surface area contributed by atoms with E-state index in [-0.39, 0.29) is 5.91 Å². The van der Waals surface area contributed by atoms with Crippen LogP contribution in [0.5, 0.6) is 0 Å². The molecule has 128 valence electrons. The first-order chi connectivity index (χ1) is 12.2. The number of aromatic amines is 1. The van der Waals surface area contributed by atoms with Crippen LogP contribution in [0, 0.1) is 0 Å². The largest absolute Gasteiger partial charge is 0.319 e. The number of hydrogen-bond acceptors (Lipinski definition) is 2. The number of H-pyrrole nitrogens is 1. The Balaban J connectivity index is 1.76. The predicted molar refractivity (Wildman–Crippen MR) is 101 cm³/mol. The zero-order valence-electron chi connectivity index (χ0n) is 14.1. The van der Waals surface area contributed by atoms with E-state index in [0.29, 0.717) is 10.6 Å². The van der Waals surface area contributed by atoms with Gasteiger partial charge in [-0.15, -0.1) is 0 Å². The Morgan fingerprint density at radius 1 is 1.08 bits per heavy atom. The zero-order valence-corrected chi connectivity index (χ0v) is 14.8. The van der Waals surface area contributed by atoms with Crippen LogP contribution < -0.4 is 5.32 Å². The second kappa shape index (κ2) is 7.99. The molecule has 5 heteroatoms. The summed E-state index contributed by atoms with van der Waals surface area (Å²) in [5, 5.41) is 11.0. The molecule has 4 nitrogen and oxygen atoms in total. The average molecular weight is 354 g/mol. The van der Waals surface area contributed by atoms with E-state index in [2.05, 4.69) is 27.6 Å². The highest BCUT2D eigenvalue weighted by Crippen LogP contribution is 2.22. The molecule has 1 heterocycles. The summed E-state index contributed by atoms with van der Waals surface area (Å²) in [6, 6.07) is 17.1. The second-order valence-corrected chi connectivity index (χ2v) is 6.26. The number of nitrogens with zero attached hydrogens (tertiary/aromatic N) is 1. The van der Waals surface area contributed by atoms with E-state index >= 15 is 0 Å². The first-order valence-corrected chi connectivity index (χ1v) is 8.72. The van der Waals surface area contributed by atoms with E-state index < -0.39 is 0 Å². The van der Waals surface area contributed by atoms with Gasteiger partial charge in [0.25, 0.3) is 5.91 Å². The number of hydrogen-bond donors (Lipinski definition) is 2. The van der Waals surface area contributed by atoms with E-state index in [0.717, 1.165) is 36.3 Å². The van der Waals surface area contributed by atoms with Crippen LogP contribution in [0.25, 0.3) is 0 Å². The van der Waals surface area contributed by atoms with E-state index in [1.165, 1.54) is 5.56 Å². The van der Waals surface area contributed by atoms with Gasteiger partial charge in [0.05, 0.1) is 17.1 Å². The minimum absolute atomic E-state index is 0.159. The van der Waals surface area contributed by atoms with Crippen molar-refractivity contribution in [2.45, 2.75) is 26.2 Å². The van der Waals surface area contributed by atoms with Crippen molar-refractivity contribution in [3.8, 4) is 0 Å². The summed E-state index contributed by atoms with van der Waals surface area (Å²) in [4.78, 5) is 12.5. The van der Waals surface area contributed by atoms with Crippen molar-refractivity contribution in [1.82, 2.24) is 10.2 Å². The molecule has 0 spiro atoms. The van der Waals surface area contributed by atoms with Gasteiger partial charge in [-0.25, -0.2) is 0 Å². The maximum absolute atomic E-state index is 12.5. The van der Waals surface area contributed by atoms with Gasteiger partial charge >= 0.3 is 0 Å². The third kappa shape index (κ3) is 4.28. The average Bonchev–Trinajstić information content (AvgIpc) is 3.03. The Hall–Kier alpha value is -2.59. The molecule has 0 bridgehead atoms. The van der Waals surface area contributed by atoms with Gasteiger partial charge in [-0.05, 0) is 49.1 Å². The molecular weight excluding hydrogens is 334 g/mol. The minimum Gasteiger partial charge on any atom is -0.319 e. The predicted octanol–water partition coefficient (Wildman–Crippen LogP) is 4.66. The zero-order chi connectivity index (χ0) is 17.6. The SMILES string of the molecule is CCc1n[nH]c(CCc2ccccc2)c1NC(=O)c1ccc(Cl)cc1. The molecule has 25 heavy (non-hydrogen) atoms. The van der Waals surface area contributed by atoms with Crippen molar-refractivity contribution < 1.29 is 4.79 Å². The van der Waals surface area contributed by atoms with E-state index in [1.807, 2.05) is 25.1 Å². The molecule has 0 atom stereocenters. The molecule has 1 aromatic heterocycles. The highest BCUT2D eigenvalue weighted by Gasteiger charge is 2.15. The lowest BCUT2D eigenvalue weighted by Gasteiger charge is -2.08. The molecule has 0 radical (unpaired) electrons. The van der Waals surface area contributed by atoms with Crippen molar-refractivity contribution in [3.05, 3.63) is 82.1 Å². The van der Waals surface area contributed by atoms with Crippen LogP contribution in [-0.2, 0) is 19.3 Å². The number of amides is 1. The van der Waals surface area contributed by atoms with Gasteiger partial charge in [-0.1, -0.05) is 48.9 Å². The number of aromatic nitrogens is 2. The Bertz CT molecular complexity index is 841. The topological polar surface area (TPSA) is 57.8 Å². The summed E-state index contributed by atoms with van der Waals surface area (Å²) in [6.45, 7) is 2.02. The van der Waals surface area contributed by atoms with Crippen LogP contribution in [0.2, 0.25) is 5.02 Å². The Morgan fingerprint density at radius 2 is 1.80 bits per heavy atom. The molecule has 0 aliphatic heterocycles. The number of rotatable bonds is 6. The van der Waals surface area contributed by atoms with Gasteiger partial charge in [0.15, 0.2) is 0 Å². The molecule has 0 fully saturated rings. The van der Waals surface area contributed by atoms with Gasteiger partial charge in [-0.3, -0.25) is 9.89 Å². The van der Waals surface area contributed by atoms with Crippen LogP contribution in [0.3, 0.4) is 0 Å². The lowest BCUT2D eigenvalue weighted by Crippen LogP contribution is -2.14. The second-order valence-electron chi connectivity index (χ2n) is 5.82. The summed E-state index contributed by atoms with van der Waals surface area (Å²) in [6.07, 6.45) is 2.42. The first-order valence-electron chi connectivity index (χ1n) is 8.34. The monoisotopic (exact) mass is 353 g/mol. The van der Waals surface area contributed by atoms with Crippen LogP contribution in [0.15, 0.2) is 54.6 Å². The van der Waals surface area contributed by atoms with Crippen molar-refractivity contribution in [2.24, 2.45) is 0 Å². The third-order valence-corrected chi connectivity index (χ3v) is 4.35. The van der Waals surface area contributed by atoms with Gasteiger partial charge in [-0.2, -0.15) is 5.10 Å². The summed E-state index contributed by atoms with van der Waals surface area (Å²) >= 11 is 5.88. The molecule has 0 saturated heterocycles. The smallest absolute Gasteiger partial charge is 0.255 e. The van der Waals surface area contributed by atoms with Crippen molar-refractivity contribution in [3.63, 3.8) is 0 Å². The van der Waals surface area contributed by atoms with Gasteiger partial charge in [0, 0.05) is 10.6 Å². The maximum atomic E-state index is 12.5. The lowest BCUT2D eigenvalue weighted by molar-refractivity contribution is 0.102. The Kier molecular flexibility index (Phi) is 5.51. The molecule has 2 N–H and O–H groups in total. The number of aryl methyl sites for hydroxylation is 3. The number of benzene rings is 2. The summed E-state index contributed by atoms with van der Waals surface area (Å²) < 4.78 is 0. The fraction of sp³-hybridized carbons (Fsp3) is 0.200. The molecule has 0 aliphatic rings. The molecule has 0 unspecified atom stereocenters. The molecule has 0 aliphatic carbocycles. The molecule has 0 saturated carbocycles. The standard InChI is InChI=1S/C20H20ClN3O/c1-2-17-19(22-20(25)15-9-11-16(21)12-10-15)18(24-23-17)13-8-14-6-4-3-5-7-14/h3-7,9-12H,2,8,13H2,1H3,(H,22,25)(H,23,24). The van der Waals surface area contributed by atoms with Gasteiger partial charge in [0.2, 0.25) is 0 Å². The maximum Gasteiger partial charge on any atom is 0.255 e. The van der Waals surface area contributed by atoms with Gasteiger partial charge in [0.1, 0.15) is 0 Å². The Morgan fingerprint density at radius 3 is 2.48 bits per heavy atom. The normalized spacial score (nSPS) is 10.6. The van der Waals surface area contributed by atoms with Gasteiger partial charge < -0.3 is 5.32 Å². The van der Waals surface area contributed by atoms with Crippen LogP contribution in [0.4, 0.5) is 5.69 Å². The van der Waals surface area contributed by atoms with E-state index in [4.69, 9.17) is 11.6 Å². The summed E-state index contributed by atoms with van der Waals surface area (Å²) in [7, 11) is 0. The Labute approximate surface area is 152 Å². The third-order valence-electron chi connectivity index (χ3n) is 4.10. The van der Waals surface area contributed by atoms with Crippen molar-refractivity contribution in [1.29, 1.82) is 0 Å². The van der Waals surface area contributed by atoms with Crippen molar-refractivity contribution >= 4 is 23.2 Å². The molecular formula is C20H20ClN3O. The van der Waals surface area contributed by atoms with Crippen LogP contribution in [-0.4, -0.2) is 16.1 Å². The van der Waals surface area contributed by atoms with Crippen molar-refractivity contribution in [2.75, 3.05) is 5.32 Å². The highest BCUT2D eigenvalue weighted by atomic mass is 35.5. The number of carbonyl (C=O) groups is 1. The fourth-order valence-corrected chi connectivity index (χ4v) is 2.83. The summed E-state index contributed by atoms with van der Waals surface area (Å²) in [5.74, 6) is -0.159. The number of nitrogens with one attached hydrogen (secondary N) is 2. The van der Waals surface area contributed by atoms with E-state index in [1.54, 1.807) is 24.3 Å². The minimum atomic E-state index is -0.159. The lowest BCUT2D eigenvalue weighted by atomic mass is 10.1. The number of carbonyl (C=O) groups excluding carboxylic acids is 1. The molecule has 2 aromatic carbocycles. The molecule has 1 amide bonds. The van der Waals surface area contributed by atoms with Crippen LogP contribution >= 0.6 is 11.6 Å². The molecule has 3 rings (SSSR count). The van der Waals surface area contributed by atoms with Crippen LogP contribution in [0.1, 0.15) is 34.2 Å². The quantitative estimate of drug-likeness (QED) is 0.677. The summed E-state index contributed by atoms with van der Waals surface area (Å²) in [5.41, 5.74) is 4.43. The number of anilines is 1. The first kappa shape index (κ1) is 17.2.